The maximum atomic E-state index is 12.1. The minimum absolute atomic E-state index is 0.0109. The van der Waals surface area contributed by atoms with Crippen molar-refractivity contribution in [3.63, 3.8) is 0 Å². The van der Waals surface area contributed by atoms with E-state index in [2.05, 4.69) is 23.5 Å². The van der Waals surface area contributed by atoms with Crippen LogP contribution in [0.25, 0.3) is 0 Å². The monoisotopic (exact) mass is 272 g/mol. The second-order valence-electron chi connectivity index (χ2n) is 5.85. The van der Waals surface area contributed by atoms with E-state index in [4.69, 9.17) is 0 Å². The average molecular weight is 272 g/mol. The summed E-state index contributed by atoms with van der Waals surface area (Å²) < 4.78 is 0. The van der Waals surface area contributed by atoms with E-state index in [-0.39, 0.29) is 17.7 Å². The molecular weight excluding hydrogens is 252 g/mol. The molecule has 0 saturated carbocycles. The number of carbonyl (C=O) groups is 2. The van der Waals surface area contributed by atoms with Gasteiger partial charge in [-0.25, -0.2) is 0 Å². The third kappa shape index (κ3) is 2.55. The van der Waals surface area contributed by atoms with Crippen molar-refractivity contribution in [2.45, 2.75) is 32.2 Å². The van der Waals surface area contributed by atoms with Crippen molar-refractivity contribution >= 4 is 11.8 Å². The Labute approximate surface area is 119 Å². The molecule has 0 spiro atoms. The van der Waals surface area contributed by atoms with Gasteiger partial charge < -0.3 is 10.2 Å². The molecule has 1 aromatic rings. The molecule has 1 atom stereocenters. The lowest BCUT2D eigenvalue weighted by Gasteiger charge is -2.11. The normalized spacial score (nSPS) is 21.1. The van der Waals surface area contributed by atoms with Gasteiger partial charge in [-0.2, -0.15) is 0 Å². The Kier molecular flexibility index (Phi) is 3.47. The van der Waals surface area contributed by atoms with E-state index in [9.17, 15) is 9.59 Å². The molecule has 1 fully saturated rings. The highest BCUT2D eigenvalue weighted by Crippen LogP contribution is 2.23. The second-order valence-corrected chi connectivity index (χ2v) is 5.85. The molecule has 1 saturated heterocycles. The minimum atomic E-state index is -0.193. The average Bonchev–Trinajstić information content (AvgIpc) is 3.03. The van der Waals surface area contributed by atoms with E-state index < -0.39 is 0 Å². The first kappa shape index (κ1) is 13.2. The summed E-state index contributed by atoms with van der Waals surface area (Å²) in [5.41, 5.74) is 4.02. The lowest BCUT2D eigenvalue weighted by molar-refractivity contribution is -0.128. The van der Waals surface area contributed by atoms with Crippen molar-refractivity contribution in [2.75, 3.05) is 13.6 Å². The first-order chi connectivity index (χ1) is 9.63. The number of nitrogens with one attached hydrogen (secondary N) is 1. The van der Waals surface area contributed by atoms with Crippen molar-refractivity contribution in [3.8, 4) is 0 Å². The Morgan fingerprint density at radius 2 is 2.15 bits per heavy atom. The zero-order valence-corrected chi connectivity index (χ0v) is 11.8. The number of likely N-dealkylation sites (tertiary alicyclic amines) is 1. The van der Waals surface area contributed by atoms with Gasteiger partial charge in [-0.05, 0) is 36.0 Å². The van der Waals surface area contributed by atoms with Crippen LogP contribution in [0.4, 0.5) is 0 Å². The van der Waals surface area contributed by atoms with Crippen molar-refractivity contribution in [3.05, 3.63) is 34.9 Å². The molecular formula is C16H20N2O2. The molecule has 1 heterocycles. The highest BCUT2D eigenvalue weighted by atomic mass is 16.2. The first-order valence-electron chi connectivity index (χ1n) is 7.26. The van der Waals surface area contributed by atoms with Crippen LogP contribution in [0.5, 0.6) is 0 Å². The minimum Gasteiger partial charge on any atom is -0.352 e. The predicted octanol–water partition coefficient (Wildman–Crippen LogP) is 1.27. The molecule has 4 nitrogen and oxygen atoms in total. The predicted molar refractivity (Wildman–Crippen MR) is 76.1 cm³/mol. The number of aryl methyl sites for hydroxylation is 2. The summed E-state index contributed by atoms with van der Waals surface area (Å²) in [6.45, 7) is 1.09. The first-order valence-corrected chi connectivity index (χ1v) is 7.26. The zero-order chi connectivity index (χ0) is 14.1. The maximum Gasteiger partial charge on any atom is 0.225 e. The third-order valence-corrected chi connectivity index (χ3v) is 4.34. The SMILES string of the molecule is CN1CC(C(=O)NCc2ccc3c(c2)CCC3)CC1=O. The van der Waals surface area contributed by atoms with Gasteiger partial charge in [0.05, 0.1) is 5.92 Å². The van der Waals surface area contributed by atoms with E-state index in [0.29, 0.717) is 19.5 Å². The molecule has 2 aliphatic rings. The van der Waals surface area contributed by atoms with Crippen LogP contribution in [0.2, 0.25) is 0 Å². The fourth-order valence-electron chi connectivity index (χ4n) is 3.11. The molecule has 20 heavy (non-hydrogen) atoms. The molecule has 1 aromatic carbocycles. The molecule has 106 valence electrons. The molecule has 1 unspecified atom stereocenters. The van der Waals surface area contributed by atoms with Gasteiger partial charge in [0.25, 0.3) is 0 Å². The summed E-state index contributed by atoms with van der Waals surface area (Å²) in [6, 6.07) is 6.47. The largest absolute Gasteiger partial charge is 0.352 e. The number of amides is 2. The summed E-state index contributed by atoms with van der Waals surface area (Å²) in [5.74, 6) is -0.146. The standard InChI is InChI=1S/C16H20N2O2/c1-18-10-14(8-15(18)19)16(20)17-9-11-5-6-12-3-2-4-13(12)7-11/h5-7,14H,2-4,8-10H2,1H3,(H,17,20). The number of benzene rings is 1. The highest BCUT2D eigenvalue weighted by Gasteiger charge is 2.31. The number of hydrogen-bond acceptors (Lipinski definition) is 2. The summed E-state index contributed by atoms with van der Waals surface area (Å²) in [7, 11) is 1.75. The van der Waals surface area contributed by atoms with Crippen molar-refractivity contribution in [1.29, 1.82) is 0 Å². The molecule has 2 amide bonds. The number of rotatable bonds is 3. The van der Waals surface area contributed by atoms with Gasteiger partial charge in [-0.3, -0.25) is 9.59 Å². The van der Waals surface area contributed by atoms with Gasteiger partial charge in [0.1, 0.15) is 0 Å². The van der Waals surface area contributed by atoms with Gasteiger partial charge in [0.2, 0.25) is 11.8 Å². The quantitative estimate of drug-likeness (QED) is 0.901. The smallest absolute Gasteiger partial charge is 0.225 e. The van der Waals surface area contributed by atoms with Crippen LogP contribution in [0, 0.1) is 5.92 Å². The van der Waals surface area contributed by atoms with Gasteiger partial charge in [-0.1, -0.05) is 18.2 Å². The number of fused-ring (bicyclic) bond motifs is 1. The second kappa shape index (κ2) is 5.27. The van der Waals surface area contributed by atoms with Crippen LogP contribution in [0.15, 0.2) is 18.2 Å². The van der Waals surface area contributed by atoms with Crippen LogP contribution in [0.3, 0.4) is 0 Å². The molecule has 1 N–H and O–H groups in total. The Balaban J connectivity index is 1.57. The lowest BCUT2D eigenvalue weighted by atomic mass is 10.1. The van der Waals surface area contributed by atoms with Crippen LogP contribution in [0.1, 0.15) is 29.5 Å². The van der Waals surface area contributed by atoms with Crippen molar-refractivity contribution in [1.82, 2.24) is 10.2 Å². The Bertz CT molecular complexity index is 553. The summed E-state index contributed by atoms with van der Waals surface area (Å²) in [4.78, 5) is 25.1. The Morgan fingerprint density at radius 1 is 1.35 bits per heavy atom. The molecule has 1 aliphatic heterocycles. The van der Waals surface area contributed by atoms with Gasteiger partial charge in [0.15, 0.2) is 0 Å². The molecule has 0 aromatic heterocycles. The van der Waals surface area contributed by atoms with E-state index >= 15 is 0 Å². The number of hydrogen-bond donors (Lipinski definition) is 1. The molecule has 4 heteroatoms. The fourth-order valence-corrected chi connectivity index (χ4v) is 3.11. The van der Waals surface area contributed by atoms with E-state index in [1.54, 1.807) is 11.9 Å². The van der Waals surface area contributed by atoms with Gasteiger partial charge >= 0.3 is 0 Å². The van der Waals surface area contributed by atoms with Crippen molar-refractivity contribution in [2.24, 2.45) is 5.92 Å². The molecule has 1 aliphatic carbocycles. The zero-order valence-electron chi connectivity index (χ0n) is 11.8. The van der Waals surface area contributed by atoms with E-state index in [1.807, 2.05) is 0 Å². The topological polar surface area (TPSA) is 49.4 Å². The molecule has 0 bridgehead atoms. The number of nitrogens with zero attached hydrogens (tertiary/aromatic N) is 1. The Hall–Kier alpha value is -1.84. The Morgan fingerprint density at radius 3 is 2.90 bits per heavy atom. The van der Waals surface area contributed by atoms with Crippen LogP contribution >= 0.6 is 0 Å². The molecule has 3 rings (SSSR count). The maximum absolute atomic E-state index is 12.1. The van der Waals surface area contributed by atoms with Gasteiger partial charge in [-0.15, -0.1) is 0 Å². The van der Waals surface area contributed by atoms with Gasteiger partial charge in [0, 0.05) is 26.6 Å². The van der Waals surface area contributed by atoms with Crippen LogP contribution < -0.4 is 5.32 Å². The highest BCUT2D eigenvalue weighted by molar-refractivity contribution is 5.89. The van der Waals surface area contributed by atoms with Crippen LogP contribution in [-0.4, -0.2) is 30.3 Å². The van der Waals surface area contributed by atoms with E-state index in [0.717, 1.165) is 12.0 Å². The van der Waals surface area contributed by atoms with Crippen molar-refractivity contribution < 1.29 is 9.59 Å². The van der Waals surface area contributed by atoms with Crippen LogP contribution in [-0.2, 0) is 29.0 Å². The fraction of sp³-hybridized carbons (Fsp3) is 0.500. The lowest BCUT2D eigenvalue weighted by Crippen LogP contribution is -2.31. The third-order valence-electron chi connectivity index (χ3n) is 4.34. The number of carbonyl (C=O) groups excluding carboxylic acids is 2. The summed E-state index contributed by atoms with van der Waals surface area (Å²) in [6.07, 6.45) is 3.91. The molecule has 0 radical (unpaired) electrons. The van der Waals surface area contributed by atoms with E-state index in [1.165, 1.54) is 24.0 Å². The summed E-state index contributed by atoms with van der Waals surface area (Å²) >= 11 is 0. The summed E-state index contributed by atoms with van der Waals surface area (Å²) in [5, 5.41) is 2.96.